The fraction of sp³-hybridized carbons (Fsp3) is 0.273. The minimum absolute atomic E-state index is 0.120. The number of aliphatic imine (C=N–C) groups is 1. The van der Waals surface area contributed by atoms with E-state index in [1.54, 1.807) is 6.08 Å². The van der Waals surface area contributed by atoms with Crippen LogP contribution in [0.5, 0.6) is 0 Å². The van der Waals surface area contributed by atoms with E-state index in [1.807, 2.05) is 12.1 Å². The van der Waals surface area contributed by atoms with Crippen molar-refractivity contribution in [1.29, 1.82) is 0 Å². The van der Waals surface area contributed by atoms with Crippen molar-refractivity contribution in [3.05, 3.63) is 71.3 Å². The smallest absolute Gasteiger partial charge is 0.330 e. The van der Waals surface area contributed by atoms with Gasteiger partial charge in [0.2, 0.25) is 0 Å². The summed E-state index contributed by atoms with van der Waals surface area (Å²) in [6, 6.07) is 17.3. The number of para-hydroxylation sites is 1. The van der Waals surface area contributed by atoms with Gasteiger partial charge in [0, 0.05) is 23.7 Å². The summed E-state index contributed by atoms with van der Waals surface area (Å²) >= 11 is 0. The van der Waals surface area contributed by atoms with E-state index >= 15 is 0 Å². The number of ether oxygens (including phenoxy) is 1. The van der Waals surface area contributed by atoms with Gasteiger partial charge in [-0.15, -0.1) is 0 Å². The van der Waals surface area contributed by atoms with Gasteiger partial charge in [-0.05, 0) is 42.2 Å². The van der Waals surface area contributed by atoms with E-state index in [1.165, 1.54) is 30.0 Å². The highest BCUT2D eigenvalue weighted by molar-refractivity contribution is 6.03. The summed E-state index contributed by atoms with van der Waals surface area (Å²) in [6.07, 6.45) is 4.27. The van der Waals surface area contributed by atoms with Gasteiger partial charge in [-0.1, -0.05) is 42.5 Å². The Morgan fingerprint density at radius 2 is 1.96 bits per heavy atom. The first-order valence-corrected chi connectivity index (χ1v) is 8.95. The van der Waals surface area contributed by atoms with Gasteiger partial charge in [0.1, 0.15) is 0 Å². The van der Waals surface area contributed by atoms with Crippen LogP contribution in [0.1, 0.15) is 42.0 Å². The molecule has 0 amide bonds. The second-order valence-corrected chi connectivity index (χ2v) is 6.91. The Hall–Kier alpha value is -2.72. The van der Waals surface area contributed by atoms with Crippen LogP contribution in [0.3, 0.4) is 0 Å². The number of nitrogens with zero attached hydrogens (tertiary/aromatic N) is 1. The second-order valence-electron chi connectivity index (χ2n) is 6.91. The average Bonchev–Trinajstić information content (AvgIpc) is 3.04. The number of fused-ring (bicyclic) bond motifs is 3. The number of nitrogens with one attached hydrogen (secondary N) is 1. The highest BCUT2D eigenvalue weighted by Gasteiger charge is 2.38. The Morgan fingerprint density at radius 1 is 1.19 bits per heavy atom. The van der Waals surface area contributed by atoms with E-state index in [9.17, 15) is 4.79 Å². The molecule has 0 spiro atoms. The number of hydrogen-bond donors (Lipinski definition) is 1. The first kappa shape index (κ1) is 16.7. The lowest BCUT2D eigenvalue weighted by molar-refractivity contribution is -0.134. The summed E-state index contributed by atoms with van der Waals surface area (Å²) in [7, 11) is 1.38. The van der Waals surface area contributed by atoms with Crippen molar-refractivity contribution >= 4 is 23.4 Å². The molecule has 0 aromatic heterocycles. The third-order valence-electron chi connectivity index (χ3n) is 5.14. The van der Waals surface area contributed by atoms with Crippen LogP contribution in [-0.2, 0) is 9.53 Å². The van der Waals surface area contributed by atoms with Crippen LogP contribution in [0.15, 0.2) is 59.6 Å². The number of carbonyl (C=O) groups excluding carboxylic acids is 1. The van der Waals surface area contributed by atoms with Gasteiger partial charge in [-0.25, -0.2) is 4.79 Å². The first-order valence-electron chi connectivity index (χ1n) is 8.95. The molecule has 4 heteroatoms. The van der Waals surface area contributed by atoms with Crippen LogP contribution in [0.2, 0.25) is 0 Å². The van der Waals surface area contributed by atoms with Gasteiger partial charge in [0.05, 0.1) is 18.8 Å². The maximum absolute atomic E-state index is 11.2. The molecule has 0 aliphatic carbocycles. The normalized spacial score (nSPS) is 24.1. The van der Waals surface area contributed by atoms with E-state index in [4.69, 9.17) is 4.99 Å². The molecule has 1 fully saturated rings. The summed E-state index contributed by atoms with van der Waals surface area (Å²) in [5.41, 5.74) is 5.83. The zero-order valence-electron chi connectivity index (χ0n) is 15.0. The van der Waals surface area contributed by atoms with Gasteiger partial charge in [-0.2, -0.15) is 0 Å². The number of esters is 1. The van der Waals surface area contributed by atoms with Crippen LogP contribution in [0.4, 0.5) is 5.69 Å². The molecule has 2 heterocycles. The van der Waals surface area contributed by atoms with E-state index < -0.39 is 0 Å². The largest absolute Gasteiger partial charge is 0.466 e. The van der Waals surface area contributed by atoms with Crippen LogP contribution in [-0.4, -0.2) is 24.8 Å². The summed E-state index contributed by atoms with van der Waals surface area (Å²) in [4.78, 5) is 16.2. The molecule has 0 saturated carbocycles. The Balaban J connectivity index is 1.61. The number of benzene rings is 2. The van der Waals surface area contributed by atoms with Crippen molar-refractivity contribution in [2.75, 3.05) is 7.11 Å². The molecule has 4 nitrogen and oxygen atoms in total. The number of methoxy groups -OCH3 is 1. The Kier molecular flexibility index (Phi) is 4.43. The molecule has 1 unspecified atom stereocenters. The summed E-state index contributed by atoms with van der Waals surface area (Å²) < 4.78 is 4.63. The van der Waals surface area contributed by atoms with E-state index in [-0.39, 0.29) is 12.0 Å². The van der Waals surface area contributed by atoms with Crippen LogP contribution in [0.25, 0.3) is 6.08 Å². The molecule has 2 aromatic rings. The molecule has 3 atom stereocenters. The van der Waals surface area contributed by atoms with E-state index in [2.05, 4.69) is 53.4 Å². The average molecular weight is 346 g/mol. The van der Waals surface area contributed by atoms with Gasteiger partial charge in [0.25, 0.3) is 0 Å². The van der Waals surface area contributed by atoms with E-state index in [0.717, 1.165) is 17.7 Å². The monoisotopic (exact) mass is 346 g/mol. The number of hydrogen-bond acceptors (Lipinski definition) is 4. The SMILES string of the molecule is COC(=O)C=Cc1ccc([C@H]2N[C@H](C)CC3C2=Nc2ccccc23)cc1. The van der Waals surface area contributed by atoms with Crippen molar-refractivity contribution in [3.63, 3.8) is 0 Å². The predicted molar refractivity (Wildman–Crippen MR) is 104 cm³/mol. The highest BCUT2D eigenvalue weighted by Crippen LogP contribution is 2.44. The summed E-state index contributed by atoms with van der Waals surface area (Å²) in [5.74, 6) is 0.0455. The maximum atomic E-state index is 11.2. The Morgan fingerprint density at radius 3 is 2.73 bits per heavy atom. The molecule has 0 radical (unpaired) electrons. The molecule has 2 aliphatic heterocycles. The molecular weight excluding hydrogens is 324 g/mol. The number of rotatable bonds is 3. The third-order valence-corrected chi connectivity index (χ3v) is 5.14. The quantitative estimate of drug-likeness (QED) is 0.670. The zero-order chi connectivity index (χ0) is 18.1. The second kappa shape index (κ2) is 6.89. The standard InChI is InChI=1S/C22H22N2O2/c1-14-13-18-17-5-3-4-6-19(17)24-22(18)21(23-14)16-10-7-15(8-11-16)9-12-20(25)26-2/h3-12,14,18,21,23H,13H2,1-2H3/t14-,18?,21-/m1/s1. The molecule has 1 saturated heterocycles. The van der Waals surface area contributed by atoms with Crippen LogP contribution >= 0.6 is 0 Å². The van der Waals surface area contributed by atoms with Crippen molar-refractivity contribution in [2.24, 2.45) is 4.99 Å². The van der Waals surface area contributed by atoms with Crippen molar-refractivity contribution < 1.29 is 9.53 Å². The fourth-order valence-corrected chi connectivity index (χ4v) is 3.86. The van der Waals surface area contributed by atoms with Gasteiger partial charge in [0.15, 0.2) is 0 Å². The first-order chi connectivity index (χ1) is 12.7. The molecule has 132 valence electrons. The van der Waals surface area contributed by atoms with Crippen molar-refractivity contribution in [3.8, 4) is 0 Å². The molecule has 26 heavy (non-hydrogen) atoms. The Bertz CT molecular complexity index is 883. The van der Waals surface area contributed by atoms with Gasteiger partial charge >= 0.3 is 5.97 Å². The summed E-state index contributed by atoms with van der Waals surface area (Å²) in [6.45, 7) is 2.23. The fourth-order valence-electron chi connectivity index (χ4n) is 3.86. The lowest BCUT2D eigenvalue weighted by Crippen LogP contribution is -2.43. The molecule has 1 N–H and O–H groups in total. The zero-order valence-corrected chi connectivity index (χ0v) is 15.0. The predicted octanol–water partition coefficient (Wildman–Crippen LogP) is 4.17. The van der Waals surface area contributed by atoms with E-state index in [0.29, 0.717) is 12.0 Å². The third kappa shape index (κ3) is 3.08. The lowest BCUT2D eigenvalue weighted by atomic mass is 9.81. The maximum Gasteiger partial charge on any atom is 0.330 e. The minimum Gasteiger partial charge on any atom is -0.466 e. The number of piperidine rings is 1. The van der Waals surface area contributed by atoms with Crippen LogP contribution < -0.4 is 5.32 Å². The molecule has 2 aliphatic rings. The minimum atomic E-state index is -0.349. The number of carbonyl (C=O) groups is 1. The van der Waals surface area contributed by atoms with Crippen molar-refractivity contribution in [2.45, 2.75) is 31.3 Å². The van der Waals surface area contributed by atoms with Crippen molar-refractivity contribution in [1.82, 2.24) is 5.32 Å². The molecule has 4 rings (SSSR count). The molecular formula is C22H22N2O2. The Labute approximate surface area is 153 Å². The van der Waals surface area contributed by atoms with Crippen LogP contribution in [0, 0.1) is 0 Å². The summed E-state index contributed by atoms with van der Waals surface area (Å²) in [5, 5.41) is 3.69. The van der Waals surface area contributed by atoms with Gasteiger partial charge in [-0.3, -0.25) is 4.99 Å². The molecule has 2 aromatic carbocycles. The van der Waals surface area contributed by atoms with Gasteiger partial charge < -0.3 is 10.1 Å². The lowest BCUT2D eigenvalue weighted by Gasteiger charge is -2.34. The molecule has 0 bridgehead atoms. The highest BCUT2D eigenvalue weighted by atomic mass is 16.5. The topological polar surface area (TPSA) is 50.7 Å².